The third-order valence-electron chi connectivity index (χ3n) is 3.26. The Morgan fingerprint density at radius 3 is 2.78 bits per heavy atom. The lowest BCUT2D eigenvalue weighted by Crippen LogP contribution is -2.47. The normalized spacial score (nSPS) is 24.1. The summed E-state index contributed by atoms with van der Waals surface area (Å²) in [6.07, 6.45) is 1.02. The van der Waals surface area contributed by atoms with Crippen LogP contribution in [0.5, 0.6) is 0 Å². The minimum absolute atomic E-state index is 0.147. The van der Waals surface area contributed by atoms with Gasteiger partial charge in [-0.2, -0.15) is 0 Å². The maximum absolute atomic E-state index is 11.5. The van der Waals surface area contributed by atoms with Crippen molar-refractivity contribution < 1.29 is 4.79 Å². The molecule has 2 rings (SSSR count). The van der Waals surface area contributed by atoms with Crippen molar-refractivity contribution >= 4 is 27.5 Å². The van der Waals surface area contributed by atoms with Crippen LogP contribution in [0.3, 0.4) is 0 Å². The van der Waals surface area contributed by atoms with Crippen LogP contribution < -0.4 is 16.4 Å². The Kier molecular flexibility index (Phi) is 3.92. The number of benzene rings is 1. The minimum Gasteiger partial charge on any atom is -0.369 e. The minimum atomic E-state index is -0.399. The molecule has 4 N–H and O–H groups in total. The second-order valence-corrected chi connectivity index (χ2v) is 5.95. The Morgan fingerprint density at radius 2 is 2.17 bits per heavy atom. The van der Waals surface area contributed by atoms with Gasteiger partial charge in [0.25, 0.3) is 5.91 Å². The molecular weight excluding hydrogens is 294 g/mol. The first kappa shape index (κ1) is 13.4. The highest BCUT2D eigenvalue weighted by molar-refractivity contribution is 9.10. The second-order valence-electron chi connectivity index (χ2n) is 5.03. The first-order chi connectivity index (χ1) is 8.47. The Balaban J connectivity index is 2.36. The van der Waals surface area contributed by atoms with E-state index in [4.69, 9.17) is 11.5 Å². The van der Waals surface area contributed by atoms with Gasteiger partial charge in [0, 0.05) is 23.6 Å². The van der Waals surface area contributed by atoms with E-state index in [0.29, 0.717) is 11.5 Å². The Bertz CT molecular complexity index is 454. The molecule has 0 radical (unpaired) electrons. The summed E-state index contributed by atoms with van der Waals surface area (Å²) in [5.41, 5.74) is 12.9. The predicted octanol–water partition coefficient (Wildman–Crippen LogP) is 1.72. The van der Waals surface area contributed by atoms with E-state index >= 15 is 0 Å². The molecule has 18 heavy (non-hydrogen) atoms. The molecule has 4 nitrogen and oxygen atoms in total. The zero-order valence-corrected chi connectivity index (χ0v) is 12.0. The highest BCUT2D eigenvalue weighted by Crippen LogP contribution is 2.28. The van der Waals surface area contributed by atoms with Gasteiger partial charge < -0.3 is 16.4 Å². The second kappa shape index (κ2) is 5.28. The van der Waals surface area contributed by atoms with Crippen LogP contribution in [0.4, 0.5) is 5.69 Å². The number of rotatable bonds is 2. The first-order valence-corrected chi connectivity index (χ1v) is 6.86. The molecule has 1 saturated heterocycles. The molecule has 0 bridgehead atoms. The maximum Gasteiger partial charge on any atom is 0.250 e. The van der Waals surface area contributed by atoms with E-state index in [9.17, 15) is 4.79 Å². The van der Waals surface area contributed by atoms with Gasteiger partial charge in [0.05, 0.1) is 11.3 Å². The molecule has 2 unspecified atom stereocenters. The molecule has 5 heteroatoms. The van der Waals surface area contributed by atoms with Crippen molar-refractivity contribution in [1.82, 2.24) is 0 Å². The van der Waals surface area contributed by atoms with E-state index in [-0.39, 0.29) is 6.04 Å². The SMILES string of the molecule is CC1CC(N)CN(c2cc(Br)ccc2C(N)=O)C1. The summed E-state index contributed by atoms with van der Waals surface area (Å²) in [5, 5.41) is 0. The average molecular weight is 312 g/mol. The Hall–Kier alpha value is -1.07. The number of amides is 1. The molecule has 0 aliphatic carbocycles. The standard InChI is InChI=1S/C13H18BrN3O/c1-8-4-10(15)7-17(6-8)12-5-9(14)2-3-11(12)13(16)18/h2-3,5,8,10H,4,6-7,15H2,1H3,(H2,16,18). The fraction of sp³-hybridized carbons (Fsp3) is 0.462. The van der Waals surface area contributed by atoms with Crippen LogP contribution in [0.15, 0.2) is 22.7 Å². The van der Waals surface area contributed by atoms with Gasteiger partial charge in [-0.1, -0.05) is 22.9 Å². The molecule has 2 atom stereocenters. The van der Waals surface area contributed by atoms with E-state index in [0.717, 1.165) is 29.7 Å². The average Bonchev–Trinajstić information content (AvgIpc) is 2.27. The number of anilines is 1. The number of hydrogen-bond acceptors (Lipinski definition) is 3. The van der Waals surface area contributed by atoms with Gasteiger partial charge >= 0.3 is 0 Å². The Morgan fingerprint density at radius 1 is 1.44 bits per heavy atom. The van der Waals surface area contributed by atoms with Gasteiger partial charge in [-0.3, -0.25) is 4.79 Å². The van der Waals surface area contributed by atoms with Crippen molar-refractivity contribution in [3.63, 3.8) is 0 Å². The van der Waals surface area contributed by atoms with Crippen molar-refractivity contribution in [1.29, 1.82) is 0 Å². The van der Waals surface area contributed by atoms with Crippen LogP contribution in [0.25, 0.3) is 0 Å². The quantitative estimate of drug-likeness (QED) is 0.873. The summed E-state index contributed by atoms with van der Waals surface area (Å²) < 4.78 is 0.939. The van der Waals surface area contributed by atoms with Crippen molar-refractivity contribution in [3.05, 3.63) is 28.2 Å². The van der Waals surface area contributed by atoms with Crippen LogP contribution >= 0.6 is 15.9 Å². The number of hydrogen-bond donors (Lipinski definition) is 2. The van der Waals surface area contributed by atoms with Gasteiger partial charge in [-0.05, 0) is 30.5 Å². The number of carbonyl (C=O) groups excluding carboxylic acids is 1. The van der Waals surface area contributed by atoms with Crippen molar-refractivity contribution in [2.75, 3.05) is 18.0 Å². The lowest BCUT2D eigenvalue weighted by molar-refractivity contribution is 0.100. The fourth-order valence-electron chi connectivity index (χ4n) is 2.57. The van der Waals surface area contributed by atoms with Crippen LogP contribution in [0.2, 0.25) is 0 Å². The van der Waals surface area contributed by atoms with Gasteiger partial charge in [-0.25, -0.2) is 0 Å². The molecule has 1 aromatic carbocycles. The van der Waals surface area contributed by atoms with E-state index in [1.54, 1.807) is 6.07 Å². The molecule has 1 fully saturated rings. The number of carbonyl (C=O) groups is 1. The predicted molar refractivity (Wildman–Crippen MR) is 76.6 cm³/mol. The molecule has 1 aliphatic heterocycles. The van der Waals surface area contributed by atoms with Crippen molar-refractivity contribution in [2.24, 2.45) is 17.4 Å². The molecule has 1 amide bonds. The van der Waals surface area contributed by atoms with Gasteiger partial charge in [-0.15, -0.1) is 0 Å². The largest absolute Gasteiger partial charge is 0.369 e. The number of halogens is 1. The van der Waals surface area contributed by atoms with Gasteiger partial charge in [0.1, 0.15) is 0 Å². The van der Waals surface area contributed by atoms with Crippen molar-refractivity contribution in [3.8, 4) is 0 Å². The maximum atomic E-state index is 11.5. The zero-order chi connectivity index (χ0) is 13.3. The summed E-state index contributed by atoms with van der Waals surface area (Å²) in [6.45, 7) is 3.85. The fourth-order valence-corrected chi connectivity index (χ4v) is 2.92. The highest BCUT2D eigenvalue weighted by atomic mass is 79.9. The molecule has 1 heterocycles. The summed E-state index contributed by atoms with van der Waals surface area (Å²) in [4.78, 5) is 13.6. The molecular formula is C13H18BrN3O. The highest BCUT2D eigenvalue weighted by Gasteiger charge is 2.25. The molecule has 0 saturated carbocycles. The third-order valence-corrected chi connectivity index (χ3v) is 3.75. The number of nitrogens with two attached hydrogens (primary N) is 2. The van der Waals surface area contributed by atoms with Crippen LogP contribution in [0.1, 0.15) is 23.7 Å². The lowest BCUT2D eigenvalue weighted by Gasteiger charge is -2.37. The molecule has 0 aromatic heterocycles. The first-order valence-electron chi connectivity index (χ1n) is 6.07. The van der Waals surface area contributed by atoms with E-state index < -0.39 is 5.91 Å². The summed E-state index contributed by atoms with van der Waals surface area (Å²) in [5.74, 6) is 0.123. The molecule has 1 aliphatic rings. The topological polar surface area (TPSA) is 72.3 Å². The molecule has 98 valence electrons. The Labute approximate surface area is 115 Å². The zero-order valence-electron chi connectivity index (χ0n) is 10.4. The van der Waals surface area contributed by atoms with Gasteiger partial charge in [0.15, 0.2) is 0 Å². The summed E-state index contributed by atoms with van der Waals surface area (Å²) in [7, 11) is 0. The summed E-state index contributed by atoms with van der Waals surface area (Å²) >= 11 is 3.43. The number of primary amides is 1. The van der Waals surface area contributed by atoms with E-state index in [1.165, 1.54) is 0 Å². The van der Waals surface area contributed by atoms with Gasteiger partial charge in [0.2, 0.25) is 0 Å². The molecule has 1 aromatic rings. The molecule has 0 spiro atoms. The van der Waals surface area contributed by atoms with Crippen LogP contribution in [-0.4, -0.2) is 25.0 Å². The number of nitrogens with zero attached hydrogens (tertiary/aromatic N) is 1. The third kappa shape index (κ3) is 2.84. The van der Waals surface area contributed by atoms with Crippen LogP contribution in [-0.2, 0) is 0 Å². The van der Waals surface area contributed by atoms with Crippen LogP contribution in [0, 0.1) is 5.92 Å². The van der Waals surface area contributed by atoms with Crippen molar-refractivity contribution in [2.45, 2.75) is 19.4 Å². The van der Waals surface area contributed by atoms with E-state index in [1.807, 2.05) is 12.1 Å². The van der Waals surface area contributed by atoms with E-state index in [2.05, 4.69) is 27.8 Å². The smallest absolute Gasteiger partial charge is 0.250 e. The number of piperidine rings is 1. The monoisotopic (exact) mass is 311 g/mol. The summed E-state index contributed by atoms with van der Waals surface area (Å²) in [6, 6.07) is 5.67. The lowest BCUT2D eigenvalue weighted by atomic mass is 9.95.